The number of hydrogen-bond donors (Lipinski definition) is 2. The zero-order valence-corrected chi connectivity index (χ0v) is 16.0. The molecule has 0 atom stereocenters. The fraction of sp³-hybridized carbons (Fsp3) is 0.250. The van der Waals surface area contributed by atoms with Crippen molar-refractivity contribution >= 4 is 34.5 Å². The lowest BCUT2D eigenvalue weighted by Crippen LogP contribution is -2.17. The lowest BCUT2D eigenvalue weighted by atomic mass is 10.1. The van der Waals surface area contributed by atoms with E-state index in [0.717, 1.165) is 35.9 Å². The number of fused-ring (bicyclic) bond motifs is 1. The van der Waals surface area contributed by atoms with E-state index >= 15 is 0 Å². The Bertz CT molecular complexity index is 1010. The minimum Gasteiger partial charge on any atom is -0.507 e. The van der Waals surface area contributed by atoms with Crippen LogP contribution >= 0.6 is 11.6 Å². The van der Waals surface area contributed by atoms with Crippen molar-refractivity contribution in [2.45, 2.75) is 33.2 Å². The van der Waals surface area contributed by atoms with Crippen LogP contribution in [0, 0.1) is 6.92 Å². The van der Waals surface area contributed by atoms with E-state index in [2.05, 4.69) is 22.5 Å². The third-order valence-electron chi connectivity index (χ3n) is 4.30. The second-order valence-corrected chi connectivity index (χ2v) is 6.64. The number of halogens is 1. The van der Waals surface area contributed by atoms with E-state index in [1.54, 1.807) is 16.8 Å². The maximum atomic E-state index is 12.4. The fourth-order valence-electron chi connectivity index (χ4n) is 2.80. The van der Waals surface area contributed by atoms with Crippen molar-refractivity contribution in [3.63, 3.8) is 0 Å². The lowest BCUT2D eigenvalue weighted by Gasteiger charge is -2.05. The van der Waals surface area contributed by atoms with E-state index in [-0.39, 0.29) is 11.3 Å². The standard InChI is InChI=1S/C20H21ClN4O2/c1-3-4-9-25-19(21)17(13(2)24-25)12-22-23-20(27)16-10-14-7-5-6-8-15(14)11-18(16)26/h5-8,10-12,26H,3-4,9H2,1-2H3,(H,23,27)/b22-12+. The van der Waals surface area contributed by atoms with Crippen LogP contribution in [0.3, 0.4) is 0 Å². The first kappa shape index (κ1) is 18.9. The molecule has 3 aromatic rings. The molecule has 140 valence electrons. The summed E-state index contributed by atoms with van der Waals surface area (Å²) in [5.74, 6) is -0.593. The summed E-state index contributed by atoms with van der Waals surface area (Å²) in [6.07, 6.45) is 3.50. The number of aromatic hydroxyl groups is 1. The van der Waals surface area contributed by atoms with Gasteiger partial charge in [-0.25, -0.2) is 5.43 Å². The molecule has 0 spiro atoms. The Kier molecular flexibility index (Phi) is 5.76. The third-order valence-corrected chi connectivity index (χ3v) is 4.70. The zero-order chi connectivity index (χ0) is 19.4. The predicted molar refractivity (Wildman–Crippen MR) is 108 cm³/mol. The van der Waals surface area contributed by atoms with Gasteiger partial charge in [-0.05, 0) is 36.2 Å². The first-order chi connectivity index (χ1) is 13.0. The number of phenols is 1. The smallest absolute Gasteiger partial charge is 0.275 e. The maximum Gasteiger partial charge on any atom is 0.275 e. The highest BCUT2D eigenvalue weighted by molar-refractivity contribution is 6.32. The van der Waals surface area contributed by atoms with Crippen LogP contribution in [0.5, 0.6) is 5.75 Å². The monoisotopic (exact) mass is 384 g/mol. The number of unbranched alkanes of at least 4 members (excludes halogenated alkanes) is 1. The zero-order valence-electron chi connectivity index (χ0n) is 15.2. The minimum absolute atomic E-state index is 0.0944. The molecule has 0 aliphatic heterocycles. The Morgan fingerprint density at radius 1 is 1.33 bits per heavy atom. The molecular weight excluding hydrogens is 364 g/mol. The molecule has 0 aliphatic carbocycles. The van der Waals surface area contributed by atoms with Crippen molar-refractivity contribution < 1.29 is 9.90 Å². The normalized spacial score (nSPS) is 11.4. The number of carbonyl (C=O) groups excluding carboxylic acids is 1. The van der Waals surface area contributed by atoms with Crippen LogP contribution in [-0.4, -0.2) is 27.0 Å². The van der Waals surface area contributed by atoms with Crippen LogP contribution in [0.4, 0.5) is 0 Å². The second kappa shape index (κ2) is 8.22. The average molecular weight is 385 g/mol. The van der Waals surface area contributed by atoms with Gasteiger partial charge in [0.1, 0.15) is 10.9 Å². The van der Waals surface area contributed by atoms with Gasteiger partial charge >= 0.3 is 0 Å². The predicted octanol–water partition coefficient (Wildman–Crippen LogP) is 4.27. The summed E-state index contributed by atoms with van der Waals surface area (Å²) in [6, 6.07) is 10.7. The SMILES string of the molecule is CCCCn1nc(C)c(/C=N/NC(=O)c2cc3ccccc3cc2O)c1Cl. The van der Waals surface area contributed by atoms with Gasteiger partial charge in [-0.3, -0.25) is 9.48 Å². The Morgan fingerprint density at radius 3 is 2.74 bits per heavy atom. The molecule has 6 nitrogen and oxygen atoms in total. The first-order valence-electron chi connectivity index (χ1n) is 8.79. The molecule has 27 heavy (non-hydrogen) atoms. The summed E-state index contributed by atoms with van der Waals surface area (Å²) < 4.78 is 1.73. The Labute approximate surface area is 162 Å². The van der Waals surface area contributed by atoms with Gasteiger partial charge in [-0.15, -0.1) is 0 Å². The summed E-state index contributed by atoms with van der Waals surface area (Å²) in [6.45, 7) is 4.68. The molecule has 0 unspecified atom stereocenters. The molecule has 0 bridgehead atoms. The van der Waals surface area contributed by atoms with Crippen LogP contribution in [0.25, 0.3) is 10.8 Å². The Morgan fingerprint density at radius 2 is 2.04 bits per heavy atom. The highest BCUT2D eigenvalue weighted by atomic mass is 35.5. The van der Waals surface area contributed by atoms with E-state index in [9.17, 15) is 9.90 Å². The summed E-state index contributed by atoms with van der Waals surface area (Å²) in [5.41, 5.74) is 4.00. The number of hydrogen-bond acceptors (Lipinski definition) is 4. The summed E-state index contributed by atoms with van der Waals surface area (Å²) in [7, 11) is 0. The van der Waals surface area contributed by atoms with E-state index in [0.29, 0.717) is 10.7 Å². The van der Waals surface area contributed by atoms with E-state index in [1.165, 1.54) is 6.21 Å². The van der Waals surface area contributed by atoms with Gasteiger partial charge in [0.05, 0.1) is 23.0 Å². The number of rotatable bonds is 6. The molecule has 2 aromatic carbocycles. The van der Waals surface area contributed by atoms with E-state index < -0.39 is 5.91 Å². The van der Waals surface area contributed by atoms with Crippen molar-refractivity contribution in [3.05, 3.63) is 58.4 Å². The van der Waals surface area contributed by atoms with E-state index in [1.807, 2.05) is 31.2 Å². The van der Waals surface area contributed by atoms with Crippen molar-refractivity contribution in [3.8, 4) is 5.75 Å². The molecular formula is C20H21ClN4O2. The molecule has 1 aromatic heterocycles. The number of carbonyl (C=O) groups is 1. The van der Waals surface area contributed by atoms with Crippen molar-refractivity contribution in [2.75, 3.05) is 0 Å². The minimum atomic E-state index is -0.498. The maximum absolute atomic E-state index is 12.4. The largest absolute Gasteiger partial charge is 0.507 e. The highest BCUT2D eigenvalue weighted by Crippen LogP contribution is 2.25. The summed E-state index contributed by atoms with van der Waals surface area (Å²) in [4.78, 5) is 12.4. The van der Waals surface area contributed by atoms with Gasteiger partial charge in [-0.2, -0.15) is 10.2 Å². The Balaban J connectivity index is 1.76. The number of amides is 1. The molecule has 1 heterocycles. The topological polar surface area (TPSA) is 79.5 Å². The molecule has 2 N–H and O–H groups in total. The van der Waals surface area contributed by atoms with Gasteiger partial charge in [0.15, 0.2) is 0 Å². The van der Waals surface area contributed by atoms with Gasteiger partial charge in [-0.1, -0.05) is 49.2 Å². The molecule has 0 saturated carbocycles. The van der Waals surface area contributed by atoms with Crippen LogP contribution in [0.15, 0.2) is 41.5 Å². The summed E-state index contributed by atoms with van der Waals surface area (Å²) in [5, 5.41) is 20.7. The molecule has 0 saturated heterocycles. The lowest BCUT2D eigenvalue weighted by molar-refractivity contribution is 0.0952. The number of hydrazone groups is 1. The number of phenolic OH excluding ortho intramolecular Hbond substituents is 1. The van der Waals surface area contributed by atoms with Crippen LogP contribution in [0.1, 0.15) is 41.4 Å². The second-order valence-electron chi connectivity index (χ2n) is 6.28. The first-order valence-corrected chi connectivity index (χ1v) is 9.17. The van der Waals surface area contributed by atoms with Gasteiger partial charge in [0.2, 0.25) is 0 Å². The summed E-state index contributed by atoms with van der Waals surface area (Å²) >= 11 is 6.34. The van der Waals surface area contributed by atoms with Crippen molar-refractivity contribution in [1.82, 2.24) is 15.2 Å². The van der Waals surface area contributed by atoms with Crippen molar-refractivity contribution in [2.24, 2.45) is 5.10 Å². The van der Waals surface area contributed by atoms with E-state index in [4.69, 9.17) is 11.6 Å². The van der Waals surface area contributed by atoms with Crippen LogP contribution < -0.4 is 5.43 Å². The van der Waals surface area contributed by atoms with Gasteiger partial charge < -0.3 is 5.11 Å². The third kappa shape index (κ3) is 4.11. The van der Waals surface area contributed by atoms with Crippen molar-refractivity contribution in [1.29, 1.82) is 0 Å². The number of aromatic nitrogens is 2. The number of benzene rings is 2. The van der Waals surface area contributed by atoms with Gasteiger partial charge in [0, 0.05) is 6.54 Å². The fourth-order valence-corrected chi connectivity index (χ4v) is 3.10. The number of aryl methyl sites for hydroxylation is 2. The molecule has 3 rings (SSSR count). The molecule has 7 heteroatoms. The quantitative estimate of drug-likeness (QED) is 0.492. The molecule has 0 fully saturated rings. The van der Waals surface area contributed by atoms with Crippen LogP contribution in [-0.2, 0) is 6.54 Å². The number of nitrogens with one attached hydrogen (secondary N) is 1. The average Bonchev–Trinajstić information content (AvgIpc) is 2.93. The highest BCUT2D eigenvalue weighted by Gasteiger charge is 2.13. The van der Waals surface area contributed by atoms with Gasteiger partial charge in [0.25, 0.3) is 5.91 Å². The number of nitrogens with zero attached hydrogens (tertiary/aromatic N) is 3. The molecule has 1 amide bonds. The van der Waals surface area contributed by atoms with Crippen LogP contribution in [0.2, 0.25) is 5.15 Å². The molecule has 0 radical (unpaired) electrons. The Hall–Kier alpha value is -2.86. The molecule has 0 aliphatic rings.